The first-order valence-electron chi connectivity index (χ1n) is 5.73. The van der Waals surface area contributed by atoms with Crippen LogP contribution < -0.4 is 0 Å². The van der Waals surface area contributed by atoms with Crippen molar-refractivity contribution in [2.45, 2.75) is 52.9 Å². The van der Waals surface area contributed by atoms with Gasteiger partial charge in [0.2, 0.25) is 0 Å². The van der Waals surface area contributed by atoms with E-state index in [0.29, 0.717) is 0 Å². The van der Waals surface area contributed by atoms with E-state index in [4.69, 9.17) is 4.84 Å². The van der Waals surface area contributed by atoms with Crippen LogP contribution in [0.25, 0.3) is 0 Å². The molecule has 80 valence electrons. The smallest absolute Gasteiger partial charge is 0.0656 e. The molecule has 0 unspecified atom stereocenters. The van der Waals surface area contributed by atoms with Crippen molar-refractivity contribution in [2.75, 3.05) is 19.7 Å². The summed E-state index contributed by atoms with van der Waals surface area (Å²) in [7, 11) is 0. The monoisotopic (exact) mass is 187 g/mol. The molecule has 0 radical (unpaired) electrons. The van der Waals surface area contributed by atoms with Gasteiger partial charge in [0.05, 0.1) is 6.61 Å². The number of hydrogen-bond acceptors (Lipinski definition) is 2. The Morgan fingerprint density at radius 1 is 0.846 bits per heavy atom. The van der Waals surface area contributed by atoms with Crippen LogP contribution in [0.2, 0.25) is 0 Å². The van der Waals surface area contributed by atoms with Crippen molar-refractivity contribution in [3.63, 3.8) is 0 Å². The standard InChI is InChI=1S/C11H25NO/c1-4-7-9-11-12(13-6-3)10-8-5-2/h4-11H2,1-3H3. The molecule has 0 atom stereocenters. The molecule has 0 aliphatic heterocycles. The molecule has 13 heavy (non-hydrogen) atoms. The lowest BCUT2D eigenvalue weighted by molar-refractivity contribution is -0.155. The van der Waals surface area contributed by atoms with Crippen molar-refractivity contribution in [1.82, 2.24) is 5.06 Å². The van der Waals surface area contributed by atoms with Crippen LogP contribution in [-0.4, -0.2) is 24.8 Å². The number of rotatable bonds is 9. The molecule has 0 saturated carbocycles. The molecule has 0 N–H and O–H groups in total. The van der Waals surface area contributed by atoms with Gasteiger partial charge in [-0.1, -0.05) is 33.1 Å². The Balaban J connectivity index is 3.41. The van der Waals surface area contributed by atoms with Gasteiger partial charge >= 0.3 is 0 Å². The topological polar surface area (TPSA) is 12.5 Å². The lowest BCUT2D eigenvalue weighted by atomic mass is 10.2. The van der Waals surface area contributed by atoms with Gasteiger partial charge in [0.1, 0.15) is 0 Å². The Morgan fingerprint density at radius 3 is 2.00 bits per heavy atom. The third-order valence-electron chi connectivity index (χ3n) is 2.08. The van der Waals surface area contributed by atoms with Gasteiger partial charge in [-0.3, -0.25) is 4.84 Å². The van der Waals surface area contributed by atoms with Crippen LogP contribution in [0.4, 0.5) is 0 Å². The lowest BCUT2D eigenvalue weighted by Gasteiger charge is -2.20. The second kappa shape index (κ2) is 10.0. The Hall–Kier alpha value is -0.0800. The number of nitrogens with zero attached hydrogens (tertiary/aromatic N) is 1. The highest BCUT2D eigenvalue weighted by molar-refractivity contribution is 4.47. The average molecular weight is 187 g/mol. The highest BCUT2D eigenvalue weighted by Gasteiger charge is 2.02. The van der Waals surface area contributed by atoms with Crippen LogP contribution in [0, 0.1) is 0 Å². The molecule has 0 aliphatic rings. The third-order valence-corrected chi connectivity index (χ3v) is 2.08. The van der Waals surface area contributed by atoms with E-state index < -0.39 is 0 Å². The fourth-order valence-corrected chi connectivity index (χ4v) is 1.30. The normalized spacial score (nSPS) is 11.1. The first-order chi connectivity index (χ1) is 6.35. The molecule has 0 amide bonds. The highest BCUT2D eigenvalue weighted by atomic mass is 16.7. The summed E-state index contributed by atoms with van der Waals surface area (Å²) in [5, 5.41) is 2.12. The van der Waals surface area contributed by atoms with E-state index in [1.165, 1.54) is 32.1 Å². The van der Waals surface area contributed by atoms with Crippen molar-refractivity contribution in [2.24, 2.45) is 0 Å². The molecule has 0 aliphatic carbocycles. The molecule has 0 heterocycles. The second-order valence-electron chi connectivity index (χ2n) is 3.41. The Kier molecular flexibility index (Phi) is 9.94. The molecular formula is C11H25NO. The number of unbranched alkanes of at least 4 members (excludes halogenated alkanes) is 3. The molecule has 0 spiro atoms. The minimum Gasteiger partial charge on any atom is -0.299 e. The molecule has 0 aromatic heterocycles. The van der Waals surface area contributed by atoms with Gasteiger partial charge in [0.25, 0.3) is 0 Å². The third kappa shape index (κ3) is 8.26. The minimum atomic E-state index is 0.801. The number of hydrogen-bond donors (Lipinski definition) is 0. The quantitative estimate of drug-likeness (QED) is 0.406. The molecule has 2 heteroatoms. The van der Waals surface area contributed by atoms with Gasteiger partial charge in [-0.2, -0.15) is 5.06 Å². The molecule has 0 fully saturated rings. The van der Waals surface area contributed by atoms with E-state index in [2.05, 4.69) is 25.8 Å². The minimum absolute atomic E-state index is 0.801. The maximum atomic E-state index is 5.52. The summed E-state index contributed by atoms with van der Waals surface area (Å²) in [6, 6.07) is 0. The summed E-state index contributed by atoms with van der Waals surface area (Å²) >= 11 is 0. The van der Waals surface area contributed by atoms with E-state index in [-0.39, 0.29) is 0 Å². The van der Waals surface area contributed by atoms with E-state index in [1.807, 2.05) is 0 Å². The lowest BCUT2D eigenvalue weighted by Crippen LogP contribution is -2.26. The predicted molar refractivity (Wildman–Crippen MR) is 57.6 cm³/mol. The van der Waals surface area contributed by atoms with Crippen molar-refractivity contribution >= 4 is 0 Å². The SMILES string of the molecule is CCCCCN(CCCC)OCC. The van der Waals surface area contributed by atoms with E-state index in [9.17, 15) is 0 Å². The predicted octanol–water partition coefficient (Wildman–Crippen LogP) is 3.23. The molecule has 0 rings (SSSR count). The van der Waals surface area contributed by atoms with Gasteiger partial charge in [0.15, 0.2) is 0 Å². The summed E-state index contributed by atoms with van der Waals surface area (Å²) in [6.45, 7) is 9.50. The fraction of sp³-hybridized carbons (Fsp3) is 1.00. The largest absolute Gasteiger partial charge is 0.299 e. The number of hydroxylamine groups is 2. The Labute approximate surface area is 83.2 Å². The summed E-state index contributed by atoms with van der Waals surface area (Å²) < 4.78 is 0. The van der Waals surface area contributed by atoms with Crippen molar-refractivity contribution in [3.05, 3.63) is 0 Å². The summed E-state index contributed by atoms with van der Waals surface area (Å²) in [5.41, 5.74) is 0. The van der Waals surface area contributed by atoms with Gasteiger partial charge in [-0.15, -0.1) is 0 Å². The van der Waals surface area contributed by atoms with Crippen LogP contribution in [0.3, 0.4) is 0 Å². The zero-order valence-corrected chi connectivity index (χ0v) is 9.51. The molecule has 0 aromatic carbocycles. The second-order valence-corrected chi connectivity index (χ2v) is 3.41. The fourth-order valence-electron chi connectivity index (χ4n) is 1.30. The van der Waals surface area contributed by atoms with Gasteiger partial charge in [-0.05, 0) is 19.8 Å². The van der Waals surface area contributed by atoms with Gasteiger partial charge in [0, 0.05) is 13.1 Å². The maximum Gasteiger partial charge on any atom is 0.0656 e. The summed E-state index contributed by atoms with van der Waals surface area (Å²) in [6.07, 6.45) is 6.35. The van der Waals surface area contributed by atoms with Crippen molar-refractivity contribution in [1.29, 1.82) is 0 Å². The molecule has 0 aromatic rings. The summed E-state index contributed by atoms with van der Waals surface area (Å²) in [5.74, 6) is 0. The first kappa shape index (κ1) is 12.9. The van der Waals surface area contributed by atoms with E-state index in [0.717, 1.165) is 19.7 Å². The first-order valence-corrected chi connectivity index (χ1v) is 5.73. The van der Waals surface area contributed by atoms with Gasteiger partial charge in [-0.25, -0.2) is 0 Å². The molecule has 2 nitrogen and oxygen atoms in total. The maximum absolute atomic E-state index is 5.52. The molecule has 0 bridgehead atoms. The van der Waals surface area contributed by atoms with Crippen molar-refractivity contribution < 1.29 is 4.84 Å². The van der Waals surface area contributed by atoms with E-state index in [1.54, 1.807) is 0 Å². The molecule has 0 saturated heterocycles. The zero-order valence-electron chi connectivity index (χ0n) is 9.51. The average Bonchev–Trinajstić information content (AvgIpc) is 2.14. The Bertz CT molecular complexity index is 96.1. The van der Waals surface area contributed by atoms with Crippen LogP contribution in [0.5, 0.6) is 0 Å². The van der Waals surface area contributed by atoms with Crippen LogP contribution in [0.15, 0.2) is 0 Å². The zero-order chi connectivity index (χ0) is 9.94. The van der Waals surface area contributed by atoms with Gasteiger partial charge < -0.3 is 0 Å². The van der Waals surface area contributed by atoms with Crippen LogP contribution >= 0.6 is 0 Å². The van der Waals surface area contributed by atoms with E-state index >= 15 is 0 Å². The Morgan fingerprint density at radius 2 is 1.46 bits per heavy atom. The van der Waals surface area contributed by atoms with Crippen LogP contribution in [-0.2, 0) is 4.84 Å². The summed E-state index contributed by atoms with van der Waals surface area (Å²) in [4.78, 5) is 5.52. The van der Waals surface area contributed by atoms with Crippen LogP contribution in [0.1, 0.15) is 52.9 Å². The highest BCUT2D eigenvalue weighted by Crippen LogP contribution is 2.01. The van der Waals surface area contributed by atoms with Crippen molar-refractivity contribution in [3.8, 4) is 0 Å². The molecular weight excluding hydrogens is 162 g/mol.